The van der Waals surface area contributed by atoms with Gasteiger partial charge in [0, 0.05) is 45.1 Å². The number of imidazole rings is 2. The van der Waals surface area contributed by atoms with E-state index in [0.29, 0.717) is 0 Å². The fourth-order valence-corrected chi connectivity index (χ4v) is 13.1. The second-order valence-electron chi connectivity index (χ2n) is 24.5. The van der Waals surface area contributed by atoms with Crippen LogP contribution in [0.5, 0.6) is 0 Å². The highest BCUT2D eigenvalue weighted by atomic mass is 16.7. The minimum atomic E-state index is -0.454. The van der Waals surface area contributed by atoms with Crippen LogP contribution in [0.4, 0.5) is 0 Å². The average molecular weight is 1170 g/mol. The molecule has 1 saturated heterocycles. The predicted octanol–water partition coefficient (Wildman–Crippen LogP) is 18.6. The maximum atomic E-state index is 6.44. The molecule has 10 nitrogen and oxygen atoms in total. The van der Waals surface area contributed by atoms with E-state index in [2.05, 4.69) is 241 Å². The van der Waals surface area contributed by atoms with Crippen LogP contribution >= 0.6 is 0 Å². The van der Waals surface area contributed by atoms with Gasteiger partial charge in [-0.15, -0.1) is 0 Å². The Bertz CT molecular complexity index is 5730. The summed E-state index contributed by atoms with van der Waals surface area (Å²) in [5, 5.41) is 9.23. The van der Waals surface area contributed by atoms with Crippen molar-refractivity contribution in [1.29, 1.82) is 0 Å². The van der Waals surface area contributed by atoms with Gasteiger partial charge in [-0.05, 0) is 198 Å². The van der Waals surface area contributed by atoms with E-state index in [-0.39, 0.29) is 0 Å². The molecule has 11 heteroatoms. The largest absolute Gasteiger partial charge is 0.494 e. The fourth-order valence-electron chi connectivity index (χ4n) is 13.1. The van der Waals surface area contributed by atoms with E-state index in [4.69, 9.17) is 29.2 Å². The maximum Gasteiger partial charge on any atom is 0.494 e. The molecule has 1 aliphatic rings. The molecule has 18 rings (SSSR count). The number of aromatic nitrogens is 8. The highest BCUT2D eigenvalue weighted by molar-refractivity contribution is 6.62. The molecule has 9 heterocycles. The van der Waals surface area contributed by atoms with Gasteiger partial charge in [-0.25, -0.2) is 19.9 Å². The summed E-state index contributed by atoms with van der Waals surface area (Å²) in [7, 11) is -0.454. The first-order valence-corrected chi connectivity index (χ1v) is 30.8. The average Bonchev–Trinajstić information content (AvgIpc) is 1.67. The van der Waals surface area contributed by atoms with E-state index in [0.717, 1.165) is 122 Å². The van der Waals surface area contributed by atoms with Gasteiger partial charge in [0.25, 0.3) is 0 Å². The summed E-state index contributed by atoms with van der Waals surface area (Å²) in [5.41, 5.74) is 20.4. The first kappa shape index (κ1) is 54.0. The van der Waals surface area contributed by atoms with Gasteiger partial charge in [0.05, 0.1) is 78.5 Å². The van der Waals surface area contributed by atoms with Crippen molar-refractivity contribution < 1.29 is 9.31 Å². The molecule has 432 valence electrons. The van der Waals surface area contributed by atoms with E-state index in [1.165, 1.54) is 38.4 Å². The van der Waals surface area contributed by atoms with Gasteiger partial charge >= 0.3 is 7.12 Å². The van der Waals surface area contributed by atoms with Gasteiger partial charge in [0.2, 0.25) is 0 Å². The minimum absolute atomic E-state index is 0.420. The summed E-state index contributed by atoms with van der Waals surface area (Å²) in [5.74, 6) is 0. The number of para-hydroxylation sites is 4. The first-order valence-electron chi connectivity index (χ1n) is 30.8. The predicted molar refractivity (Wildman–Crippen MR) is 372 cm³/mol. The molecule has 0 atom stereocenters. The second-order valence-corrected chi connectivity index (χ2v) is 24.5. The molecule has 17 aromatic rings. The Morgan fingerprint density at radius 2 is 0.725 bits per heavy atom. The van der Waals surface area contributed by atoms with E-state index >= 15 is 0 Å². The summed E-state index contributed by atoms with van der Waals surface area (Å²) in [6.07, 6.45) is 3.60. The summed E-state index contributed by atoms with van der Waals surface area (Å²) >= 11 is 0. The van der Waals surface area contributed by atoms with E-state index in [9.17, 15) is 0 Å². The molecule has 0 aliphatic carbocycles. The summed E-state index contributed by atoms with van der Waals surface area (Å²) in [6.45, 7) is 8.35. The molecule has 0 saturated carbocycles. The molecular formula is C80H57BN8O2. The van der Waals surface area contributed by atoms with Crippen molar-refractivity contribution in [2.45, 2.75) is 38.9 Å². The van der Waals surface area contributed by atoms with Crippen LogP contribution in [0.2, 0.25) is 0 Å². The molecule has 0 radical (unpaired) electrons. The van der Waals surface area contributed by atoms with Crippen LogP contribution in [-0.4, -0.2) is 57.0 Å². The first-order chi connectivity index (χ1) is 44.6. The minimum Gasteiger partial charge on any atom is -0.399 e. The normalized spacial score (nSPS) is 13.8. The Morgan fingerprint density at radius 1 is 0.297 bits per heavy atom. The fraction of sp³-hybridized carbons (Fsp3) is 0.0750. The van der Waals surface area contributed by atoms with Crippen LogP contribution in [0.15, 0.2) is 273 Å². The molecule has 0 amide bonds. The lowest BCUT2D eigenvalue weighted by Crippen LogP contribution is -2.41. The summed E-state index contributed by atoms with van der Waals surface area (Å²) < 4.78 is 17.5. The van der Waals surface area contributed by atoms with Crippen LogP contribution in [0.1, 0.15) is 27.7 Å². The Kier molecular flexibility index (Phi) is 12.6. The number of fused-ring (bicyclic) bond motifs is 17. The van der Waals surface area contributed by atoms with Gasteiger partial charge in [-0.2, -0.15) is 0 Å². The second kappa shape index (κ2) is 21.2. The molecular weight excluding hydrogens is 1120 g/mol. The lowest BCUT2D eigenvalue weighted by atomic mass is 9.78. The Balaban J connectivity index is 0.000000142. The van der Waals surface area contributed by atoms with Crippen LogP contribution in [0, 0.1) is 0 Å². The van der Waals surface area contributed by atoms with Gasteiger partial charge in [0.15, 0.2) is 0 Å². The maximum absolute atomic E-state index is 6.44. The number of rotatable bonds is 7. The Labute approximate surface area is 524 Å². The zero-order valence-corrected chi connectivity index (χ0v) is 50.5. The van der Waals surface area contributed by atoms with Gasteiger partial charge < -0.3 is 9.31 Å². The van der Waals surface area contributed by atoms with E-state index in [1.54, 1.807) is 12.4 Å². The third-order valence-corrected chi connectivity index (χ3v) is 18.5. The lowest BCUT2D eigenvalue weighted by Gasteiger charge is -2.32. The standard InChI is InChI=1S/C45H28N4.C35H29BN4O2/c1-2-9-32-26-33(20-19-29(32)8-1)30-15-17-31(18-16-30)34-22-24-43-38(27-34)37-28-35(39-12-7-13-41(47-39)40-10-5-6-25-46-40)21-23-36(37)45-48-42-11-3-4-14-44(42)49(43)45;1-34(2)35(3,4)42-36(41-34)23-16-18-31-26(21-23)25-20-22(27-12-9-13-29(38-27)28-10-7-8-19-37-28)15-17-24(25)33-39-30-11-5-6-14-32(30)40(31)33/h1-28H;5-21H,1-4H3. The quantitative estimate of drug-likeness (QED) is 0.115. The zero-order valence-electron chi connectivity index (χ0n) is 50.5. The van der Waals surface area contributed by atoms with Crippen molar-refractivity contribution in [2.24, 2.45) is 0 Å². The zero-order chi connectivity index (χ0) is 61.0. The molecule has 1 fully saturated rings. The van der Waals surface area contributed by atoms with Crippen molar-refractivity contribution in [3.05, 3.63) is 273 Å². The molecule has 9 aromatic carbocycles. The van der Waals surface area contributed by atoms with E-state index in [1.807, 2.05) is 66.7 Å². The van der Waals surface area contributed by atoms with Crippen LogP contribution in [0.25, 0.3) is 155 Å². The smallest absolute Gasteiger partial charge is 0.399 e. The highest BCUT2D eigenvalue weighted by Crippen LogP contribution is 2.41. The molecule has 8 aromatic heterocycles. The third kappa shape index (κ3) is 9.27. The van der Waals surface area contributed by atoms with Gasteiger partial charge in [-0.3, -0.25) is 18.8 Å². The van der Waals surface area contributed by atoms with Crippen molar-refractivity contribution in [2.75, 3.05) is 0 Å². The Morgan fingerprint density at radius 3 is 1.27 bits per heavy atom. The van der Waals surface area contributed by atoms with Crippen LogP contribution in [-0.2, 0) is 9.31 Å². The van der Waals surface area contributed by atoms with Crippen LogP contribution < -0.4 is 5.46 Å². The monoisotopic (exact) mass is 1170 g/mol. The molecule has 0 N–H and O–H groups in total. The molecule has 0 spiro atoms. The number of hydrogen-bond donors (Lipinski definition) is 0. The van der Waals surface area contributed by atoms with Gasteiger partial charge in [0.1, 0.15) is 11.3 Å². The number of pyridine rings is 6. The van der Waals surface area contributed by atoms with Crippen molar-refractivity contribution in [3.63, 3.8) is 0 Å². The SMILES string of the molecule is CC1(C)OB(c2ccc3c(c2)c2cc(-c4cccc(-c5ccccn5)n4)ccc2c2nc4ccccc4n32)OC1(C)C.c1ccc(-c2cccc(-c3ccc4c(c3)c3cc(-c5ccc(-c6ccc7ccccc7c6)cc5)ccc3n3c5ccccc5nc43)n2)nc1. The van der Waals surface area contributed by atoms with Crippen molar-refractivity contribution in [1.82, 2.24) is 38.7 Å². The number of benzene rings is 9. The third-order valence-electron chi connectivity index (χ3n) is 18.5. The van der Waals surface area contributed by atoms with Crippen molar-refractivity contribution in [3.8, 4) is 67.5 Å². The van der Waals surface area contributed by atoms with Crippen LogP contribution in [0.3, 0.4) is 0 Å². The molecule has 0 bridgehead atoms. The topological polar surface area (TPSA) is 105 Å². The van der Waals surface area contributed by atoms with E-state index < -0.39 is 18.3 Å². The number of nitrogens with zero attached hydrogens (tertiary/aromatic N) is 8. The lowest BCUT2D eigenvalue weighted by molar-refractivity contribution is 0.00578. The van der Waals surface area contributed by atoms with Crippen molar-refractivity contribution >= 4 is 100 Å². The molecule has 91 heavy (non-hydrogen) atoms. The molecule has 1 aliphatic heterocycles. The number of hydrogen-bond acceptors (Lipinski definition) is 8. The van der Waals surface area contributed by atoms with Gasteiger partial charge in [-0.1, -0.05) is 140 Å². The summed E-state index contributed by atoms with van der Waals surface area (Å²) in [4.78, 5) is 29.2. The highest BCUT2D eigenvalue weighted by Gasteiger charge is 2.51. The molecule has 0 unspecified atom stereocenters. The summed E-state index contributed by atoms with van der Waals surface area (Å²) in [6, 6.07) is 91.3. The Hall–Kier alpha value is -11.2.